The molecule has 3 aliphatic carbocycles. The number of likely N-dealkylation sites (tertiary alicyclic amines) is 1. The van der Waals surface area contributed by atoms with Crippen LogP contribution in [-0.2, 0) is 14.3 Å². The topological polar surface area (TPSA) is 96.1 Å². The van der Waals surface area contributed by atoms with Gasteiger partial charge in [0.1, 0.15) is 11.7 Å². The zero-order valence-corrected chi connectivity index (χ0v) is 18.4. The standard InChI is InChI=1S/C24H34FN3O4/c25-17-9-15-20-23(21(17)27-6-5-14(26)10-27)32-19-8-13-4-2-1-3-12(13)7-18(19)28(20)11-16(22(15)29)24(30)31/h11-15,17-21,23H,1-10,26H2,(H,30,31). The van der Waals surface area contributed by atoms with Crippen molar-refractivity contribution in [3.63, 3.8) is 0 Å². The van der Waals surface area contributed by atoms with Gasteiger partial charge in [0, 0.05) is 31.2 Å². The van der Waals surface area contributed by atoms with Crippen molar-refractivity contribution in [2.75, 3.05) is 13.1 Å². The van der Waals surface area contributed by atoms with Crippen LogP contribution in [0.2, 0.25) is 0 Å². The van der Waals surface area contributed by atoms with Crippen molar-refractivity contribution in [1.29, 1.82) is 0 Å². The number of carboxylic acid groups (broad SMARTS) is 1. The van der Waals surface area contributed by atoms with Crippen LogP contribution in [0.3, 0.4) is 0 Å². The van der Waals surface area contributed by atoms with Gasteiger partial charge in [0.25, 0.3) is 0 Å². The average Bonchev–Trinajstić information content (AvgIpc) is 3.19. The highest BCUT2D eigenvalue weighted by molar-refractivity contribution is 6.18. The minimum absolute atomic E-state index is 0.0385. The number of hydrogen-bond acceptors (Lipinski definition) is 6. The summed E-state index contributed by atoms with van der Waals surface area (Å²) >= 11 is 0. The normalized spacial score (nSPS) is 48.5. The second-order valence-electron chi connectivity index (χ2n) is 11.0. The van der Waals surface area contributed by atoms with Gasteiger partial charge in [0.2, 0.25) is 0 Å². The lowest BCUT2D eigenvalue weighted by Crippen LogP contribution is -2.73. The molecule has 0 bridgehead atoms. The van der Waals surface area contributed by atoms with Crippen molar-refractivity contribution >= 4 is 11.8 Å². The van der Waals surface area contributed by atoms with E-state index in [2.05, 4.69) is 9.80 Å². The molecule has 10 atom stereocenters. The first kappa shape index (κ1) is 21.1. The maximum Gasteiger partial charge on any atom is 0.340 e. The Morgan fingerprint density at radius 1 is 1.12 bits per heavy atom. The first-order valence-corrected chi connectivity index (χ1v) is 12.5. The fourth-order valence-electron chi connectivity index (χ4n) is 7.94. The van der Waals surface area contributed by atoms with Gasteiger partial charge in [-0.15, -0.1) is 0 Å². The van der Waals surface area contributed by atoms with Crippen LogP contribution in [0.5, 0.6) is 0 Å². The molecule has 6 aliphatic rings. The minimum Gasteiger partial charge on any atom is -0.478 e. The lowest BCUT2D eigenvalue weighted by molar-refractivity contribution is -0.219. The van der Waals surface area contributed by atoms with Crippen LogP contribution >= 0.6 is 0 Å². The van der Waals surface area contributed by atoms with E-state index in [1.54, 1.807) is 6.20 Å². The molecule has 10 unspecified atom stereocenters. The molecule has 5 fully saturated rings. The fraction of sp³-hybridized carbons (Fsp3) is 0.833. The molecule has 0 aromatic carbocycles. The monoisotopic (exact) mass is 447 g/mol. The third-order valence-electron chi connectivity index (χ3n) is 9.36. The first-order valence-electron chi connectivity index (χ1n) is 12.5. The molecule has 3 saturated carbocycles. The molecule has 7 nitrogen and oxygen atoms in total. The van der Waals surface area contributed by atoms with E-state index in [1.807, 2.05) is 0 Å². The van der Waals surface area contributed by atoms with Crippen LogP contribution in [-0.4, -0.2) is 82.3 Å². The van der Waals surface area contributed by atoms with Gasteiger partial charge in [0.15, 0.2) is 5.78 Å². The van der Waals surface area contributed by atoms with E-state index in [0.29, 0.717) is 18.4 Å². The van der Waals surface area contributed by atoms with Crippen LogP contribution < -0.4 is 5.73 Å². The summed E-state index contributed by atoms with van der Waals surface area (Å²) in [5.41, 5.74) is 5.96. The molecule has 0 radical (unpaired) electrons. The Hall–Kier alpha value is -1.51. The predicted molar refractivity (Wildman–Crippen MR) is 114 cm³/mol. The van der Waals surface area contributed by atoms with Crippen LogP contribution in [0.1, 0.15) is 51.4 Å². The minimum atomic E-state index is -1.23. The van der Waals surface area contributed by atoms with Gasteiger partial charge in [-0.05, 0) is 37.5 Å². The van der Waals surface area contributed by atoms with Crippen LogP contribution in [0.25, 0.3) is 0 Å². The largest absolute Gasteiger partial charge is 0.478 e. The molecule has 0 aromatic heterocycles. The number of carboxylic acids is 1. The Labute approximate surface area is 188 Å². The maximum absolute atomic E-state index is 15.7. The fourth-order valence-corrected chi connectivity index (χ4v) is 7.94. The zero-order valence-electron chi connectivity index (χ0n) is 18.4. The Morgan fingerprint density at radius 2 is 1.88 bits per heavy atom. The number of aliphatic carboxylic acids is 1. The summed E-state index contributed by atoms with van der Waals surface area (Å²) in [6, 6.07) is -0.611. The van der Waals surface area contributed by atoms with Crippen molar-refractivity contribution in [1.82, 2.24) is 9.80 Å². The van der Waals surface area contributed by atoms with Crippen LogP contribution in [0.15, 0.2) is 11.8 Å². The molecule has 8 heteroatoms. The smallest absolute Gasteiger partial charge is 0.340 e. The molecule has 0 aromatic rings. The quantitative estimate of drug-likeness (QED) is 0.622. The Balaban J connectivity index is 1.39. The summed E-state index contributed by atoms with van der Waals surface area (Å²) in [6.07, 6.45) is 7.66. The Morgan fingerprint density at radius 3 is 2.56 bits per heavy atom. The zero-order chi connectivity index (χ0) is 22.1. The summed E-state index contributed by atoms with van der Waals surface area (Å²) in [5, 5.41) is 9.74. The molecule has 3 N–H and O–H groups in total. The highest BCUT2D eigenvalue weighted by Crippen LogP contribution is 2.50. The second kappa shape index (κ2) is 7.77. The van der Waals surface area contributed by atoms with Crippen molar-refractivity contribution in [3.8, 4) is 0 Å². The number of hydrogen-bond donors (Lipinski definition) is 2. The number of Topliss-reactive ketones (excluding diaryl/α,β-unsaturated/α-hetero) is 1. The van der Waals surface area contributed by atoms with Crippen LogP contribution in [0, 0.1) is 17.8 Å². The molecule has 176 valence electrons. The molecule has 32 heavy (non-hydrogen) atoms. The Bertz CT molecular complexity index is 836. The van der Waals surface area contributed by atoms with E-state index in [-0.39, 0.29) is 36.2 Å². The van der Waals surface area contributed by atoms with Crippen molar-refractivity contribution < 1.29 is 23.8 Å². The highest BCUT2D eigenvalue weighted by atomic mass is 19.1. The Kier molecular flexibility index (Phi) is 5.11. The van der Waals surface area contributed by atoms with Crippen LogP contribution in [0.4, 0.5) is 4.39 Å². The molecule has 6 rings (SSSR count). The molecule has 3 heterocycles. The van der Waals surface area contributed by atoms with E-state index >= 15 is 4.39 Å². The van der Waals surface area contributed by atoms with E-state index in [0.717, 1.165) is 25.8 Å². The molecule has 0 spiro atoms. The summed E-state index contributed by atoms with van der Waals surface area (Å²) in [5.74, 6) is -1.04. The van der Waals surface area contributed by atoms with Crippen molar-refractivity contribution in [2.45, 2.75) is 93.9 Å². The van der Waals surface area contributed by atoms with Gasteiger partial charge in [-0.25, -0.2) is 9.18 Å². The number of morpholine rings is 1. The summed E-state index contributed by atoms with van der Waals surface area (Å²) in [4.78, 5) is 29.3. The van der Waals surface area contributed by atoms with E-state index in [9.17, 15) is 14.7 Å². The number of carbonyl (C=O) groups is 2. The number of ether oxygens (including phenoxy) is 1. The average molecular weight is 448 g/mol. The maximum atomic E-state index is 15.7. The number of fused-ring (bicyclic) bond motifs is 3. The van der Waals surface area contributed by atoms with Gasteiger partial charge in [-0.2, -0.15) is 0 Å². The molecular weight excluding hydrogens is 413 g/mol. The van der Waals surface area contributed by atoms with E-state index in [4.69, 9.17) is 10.5 Å². The number of halogens is 1. The van der Waals surface area contributed by atoms with E-state index in [1.165, 1.54) is 25.7 Å². The number of ketones is 1. The molecule has 2 saturated heterocycles. The van der Waals surface area contributed by atoms with Gasteiger partial charge in [-0.3, -0.25) is 9.69 Å². The van der Waals surface area contributed by atoms with Crippen molar-refractivity contribution in [3.05, 3.63) is 11.8 Å². The summed E-state index contributed by atoms with van der Waals surface area (Å²) in [7, 11) is 0. The summed E-state index contributed by atoms with van der Waals surface area (Å²) in [6.45, 7) is 1.39. The number of nitrogens with two attached hydrogens (primary N) is 1. The van der Waals surface area contributed by atoms with Crippen molar-refractivity contribution in [2.24, 2.45) is 23.5 Å². The SMILES string of the molecule is NC1CCN(C2C(F)CC3C(=O)C(C(=O)O)=CN4C5CC6CCCCC6CC5OC2C34)C1. The van der Waals surface area contributed by atoms with Gasteiger partial charge in [-0.1, -0.05) is 25.7 Å². The van der Waals surface area contributed by atoms with E-state index < -0.39 is 36.0 Å². The lowest BCUT2D eigenvalue weighted by Gasteiger charge is -2.61. The lowest BCUT2D eigenvalue weighted by atomic mass is 9.64. The third-order valence-corrected chi connectivity index (χ3v) is 9.36. The molecule has 0 amide bonds. The molecule has 3 aliphatic heterocycles. The molecular formula is C24H34FN3O4. The number of rotatable bonds is 2. The predicted octanol–water partition coefficient (Wildman–Crippen LogP) is 1.70. The number of nitrogens with zero attached hydrogens (tertiary/aromatic N) is 2. The van der Waals surface area contributed by atoms with Gasteiger partial charge >= 0.3 is 5.97 Å². The second-order valence-corrected chi connectivity index (χ2v) is 11.0. The number of alkyl halides is 1. The van der Waals surface area contributed by atoms with Gasteiger partial charge < -0.3 is 20.5 Å². The highest BCUT2D eigenvalue weighted by Gasteiger charge is 2.60. The first-order chi connectivity index (χ1) is 15.4. The third kappa shape index (κ3) is 3.16. The number of carbonyl (C=O) groups excluding carboxylic acids is 1. The summed E-state index contributed by atoms with van der Waals surface area (Å²) < 4.78 is 22.4. The van der Waals surface area contributed by atoms with Gasteiger partial charge in [0.05, 0.1) is 30.3 Å².